The van der Waals surface area contributed by atoms with Crippen molar-refractivity contribution in [3.05, 3.63) is 59.1 Å². The molecule has 0 bridgehead atoms. The quantitative estimate of drug-likeness (QED) is 0.852. The third kappa shape index (κ3) is 5.04. The summed E-state index contributed by atoms with van der Waals surface area (Å²) < 4.78 is 5.07. The summed E-state index contributed by atoms with van der Waals surface area (Å²) in [6.07, 6.45) is 0. The molecule has 0 atom stereocenters. The number of urea groups is 1. The number of rotatable bonds is 3. The Kier molecular flexibility index (Phi) is 5.70. The second kappa shape index (κ2) is 7.96. The lowest BCUT2D eigenvalue weighted by Gasteiger charge is -2.04. The Morgan fingerprint density at radius 2 is 1.82 bits per heavy atom. The van der Waals surface area contributed by atoms with Crippen molar-refractivity contribution < 1.29 is 9.53 Å². The number of nitrogens with one attached hydrogen (secondary N) is 2. The maximum Gasteiger partial charge on any atom is 0.319 e. The molecule has 0 radical (unpaired) electrons. The molecule has 2 aromatic rings. The molecule has 5 heteroatoms. The van der Waals surface area contributed by atoms with Gasteiger partial charge >= 0.3 is 6.03 Å². The molecular formula is C17H15ClN2O2. The molecule has 0 heterocycles. The number of halogens is 1. The summed E-state index contributed by atoms with van der Waals surface area (Å²) in [6.45, 7) is 0.255. The van der Waals surface area contributed by atoms with Gasteiger partial charge in [-0.25, -0.2) is 4.79 Å². The molecule has 112 valence electrons. The van der Waals surface area contributed by atoms with Gasteiger partial charge in [0.15, 0.2) is 0 Å². The van der Waals surface area contributed by atoms with Gasteiger partial charge in [-0.3, -0.25) is 0 Å². The third-order valence-corrected chi connectivity index (χ3v) is 3.01. The van der Waals surface area contributed by atoms with E-state index in [0.717, 1.165) is 11.3 Å². The first kappa shape index (κ1) is 15.7. The van der Waals surface area contributed by atoms with E-state index in [4.69, 9.17) is 16.3 Å². The zero-order valence-corrected chi connectivity index (χ0v) is 12.8. The van der Waals surface area contributed by atoms with Crippen LogP contribution in [-0.2, 0) is 0 Å². The fourth-order valence-electron chi connectivity index (χ4n) is 1.65. The molecule has 4 nitrogen and oxygen atoms in total. The molecule has 0 aromatic heterocycles. The van der Waals surface area contributed by atoms with Gasteiger partial charge in [-0.15, -0.1) is 0 Å². The number of hydrogen-bond acceptors (Lipinski definition) is 2. The molecule has 0 aliphatic rings. The van der Waals surface area contributed by atoms with Gasteiger partial charge < -0.3 is 15.4 Å². The zero-order chi connectivity index (χ0) is 15.8. The largest absolute Gasteiger partial charge is 0.497 e. The van der Waals surface area contributed by atoms with Crippen molar-refractivity contribution >= 4 is 23.3 Å². The molecule has 22 heavy (non-hydrogen) atoms. The summed E-state index contributed by atoms with van der Waals surface area (Å²) in [5.41, 5.74) is 1.53. The predicted octanol–water partition coefficient (Wildman–Crippen LogP) is 3.52. The average Bonchev–Trinajstić information content (AvgIpc) is 2.54. The average molecular weight is 315 g/mol. The smallest absolute Gasteiger partial charge is 0.319 e. The molecule has 0 spiro atoms. The number of benzene rings is 2. The highest BCUT2D eigenvalue weighted by Gasteiger charge is 1.99. The molecule has 0 aliphatic heterocycles. The molecule has 2 amide bonds. The second-order valence-electron chi connectivity index (χ2n) is 4.34. The first-order chi connectivity index (χ1) is 10.7. The van der Waals surface area contributed by atoms with E-state index in [2.05, 4.69) is 22.5 Å². The van der Waals surface area contributed by atoms with Crippen molar-refractivity contribution in [1.29, 1.82) is 0 Å². The summed E-state index contributed by atoms with van der Waals surface area (Å²) in [5.74, 6) is 6.62. The zero-order valence-electron chi connectivity index (χ0n) is 12.0. The number of carbonyl (C=O) groups is 1. The molecule has 0 unspecified atom stereocenters. The van der Waals surface area contributed by atoms with Crippen molar-refractivity contribution in [1.82, 2.24) is 5.32 Å². The van der Waals surface area contributed by atoms with Crippen LogP contribution in [0.1, 0.15) is 5.56 Å². The van der Waals surface area contributed by atoms with Crippen LogP contribution in [0.15, 0.2) is 48.5 Å². The molecule has 0 fully saturated rings. The number of amides is 2. The Hall–Kier alpha value is -2.64. The van der Waals surface area contributed by atoms with Gasteiger partial charge in [-0.2, -0.15) is 0 Å². The second-order valence-corrected chi connectivity index (χ2v) is 4.78. The third-order valence-electron chi connectivity index (χ3n) is 2.76. The van der Waals surface area contributed by atoms with E-state index >= 15 is 0 Å². The van der Waals surface area contributed by atoms with Gasteiger partial charge in [0.05, 0.1) is 13.7 Å². The van der Waals surface area contributed by atoms with E-state index in [0.29, 0.717) is 10.7 Å². The van der Waals surface area contributed by atoms with E-state index in [-0.39, 0.29) is 12.6 Å². The minimum atomic E-state index is -0.314. The van der Waals surface area contributed by atoms with Gasteiger partial charge in [0.25, 0.3) is 0 Å². The minimum absolute atomic E-state index is 0.255. The lowest BCUT2D eigenvalue weighted by molar-refractivity contribution is 0.253. The van der Waals surface area contributed by atoms with Gasteiger partial charge in [-0.1, -0.05) is 23.4 Å². The molecule has 2 aromatic carbocycles. The number of hydrogen-bond donors (Lipinski definition) is 2. The van der Waals surface area contributed by atoms with Crippen molar-refractivity contribution in [3.8, 4) is 17.6 Å². The summed E-state index contributed by atoms with van der Waals surface area (Å²) >= 11 is 5.77. The van der Waals surface area contributed by atoms with Gasteiger partial charge in [0, 0.05) is 16.3 Å². The highest BCUT2D eigenvalue weighted by atomic mass is 35.5. The molecule has 2 rings (SSSR count). The molecule has 0 aliphatic carbocycles. The highest BCUT2D eigenvalue weighted by molar-refractivity contribution is 6.30. The maximum atomic E-state index is 11.7. The fourth-order valence-corrected chi connectivity index (χ4v) is 1.78. The van der Waals surface area contributed by atoms with Crippen LogP contribution in [0.4, 0.5) is 10.5 Å². The van der Waals surface area contributed by atoms with E-state index in [1.54, 1.807) is 31.4 Å². The first-order valence-electron chi connectivity index (χ1n) is 6.61. The molecule has 2 N–H and O–H groups in total. The highest BCUT2D eigenvalue weighted by Crippen LogP contribution is 2.13. The predicted molar refractivity (Wildman–Crippen MR) is 88.3 cm³/mol. The van der Waals surface area contributed by atoms with Crippen LogP contribution in [0.5, 0.6) is 5.75 Å². The summed E-state index contributed by atoms with van der Waals surface area (Å²) in [6, 6.07) is 14.0. The van der Waals surface area contributed by atoms with Crippen LogP contribution < -0.4 is 15.4 Å². The van der Waals surface area contributed by atoms with Crippen molar-refractivity contribution in [2.45, 2.75) is 0 Å². The molecule has 0 saturated carbocycles. The number of ether oxygens (including phenoxy) is 1. The van der Waals surface area contributed by atoms with Crippen LogP contribution >= 0.6 is 11.6 Å². The molecular weight excluding hydrogens is 300 g/mol. The topological polar surface area (TPSA) is 50.4 Å². The van der Waals surface area contributed by atoms with Crippen molar-refractivity contribution in [3.63, 3.8) is 0 Å². The minimum Gasteiger partial charge on any atom is -0.497 e. The van der Waals surface area contributed by atoms with Crippen molar-refractivity contribution in [2.75, 3.05) is 19.0 Å². The summed E-state index contributed by atoms with van der Waals surface area (Å²) in [5, 5.41) is 5.97. The van der Waals surface area contributed by atoms with E-state index in [1.807, 2.05) is 24.3 Å². The number of anilines is 1. The Balaban J connectivity index is 1.79. The SMILES string of the molecule is COc1ccc(C#CCNC(=O)Nc2ccc(Cl)cc2)cc1. The fraction of sp³-hybridized carbons (Fsp3) is 0.118. The Labute approximate surface area is 134 Å². The Morgan fingerprint density at radius 1 is 1.14 bits per heavy atom. The molecule has 0 saturated heterocycles. The number of carbonyl (C=O) groups excluding carboxylic acids is 1. The Morgan fingerprint density at radius 3 is 2.45 bits per heavy atom. The van der Waals surface area contributed by atoms with Crippen LogP contribution in [0.25, 0.3) is 0 Å². The van der Waals surface area contributed by atoms with Gasteiger partial charge in [0.1, 0.15) is 5.75 Å². The van der Waals surface area contributed by atoms with Crippen LogP contribution in [0, 0.1) is 11.8 Å². The van der Waals surface area contributed by atoms with E-state index < -0.39 is 0 Å². The lowest BCUT2D eigenvalue weighted by Crippen LogP contribution is -2.28. The standard InChI is InChI=1S/C17H15ClN2O2/c1-22-16-10-4-13(5-11-16)3-2-12-19-17(21)20-15-8-6-14(18)7-9-15/h4-11H,12H2,1H3,(H2,19,20,21). The van der Waals surface area contributed by atoms with Crippen LogP contribution in [-0.4, -0.2) is 19.7 Å². The van der Waals surface area contributed by atoms with Crippen LogP contribution in [0.3, 0.4) is 0 Å². The monoisotopic (exact) mass is 314 g/mol. The van der Waals surface area contributed by atoms with Gasteiger partial charge in [0.2, 0.25) is 0 Å². The Bertz CT molecular complexity index is 685. The van der Waals surface area contributed by atoms with Crippen LogP contribution in [0.2, 0.25) is 5.02 Å². The number of methoxy groups -OCH3 is 1. The van der Waals surface area contributed by atoms with E-state index in [1.165, 1.54) is 0 Å². The maximum absolute atomic E-state index is 11.7. The lowest BCUT2D eigenvalue weighted by atomic mass is 10.2. The summed E-state index contributed by atoms with van der Waals surface area (Å²) in [7, 11) is 1.61. The summed E-state index contributed by atoms with van der Waals surface area (Å²) in [4.78, 5) is 11.7. The first-order valence-corrected chi connectivity index (χ1v) is 6.98. The van der Waals surface area contributed by atoms with Crippen molar-refractivity contribution in [2.24, 2.45) is 0 Å². The van der Waals surface area contributed by atoms with Gasteiger partial charge in [-0.05, 0) is 48.5 Å². The normalized spacial score (nSPS) is 9.36. The van der Waals surface area contributed by atoms with E-state index in [9.17, 15) is 4.79 Å².